The van der Waals surface area contributed by atoms with Crippen molar-refractivity contribution in [3.63, 3.8) is 0 Å². The summed E-state index contributed by atoms with van der Waals surface area (Å²) >= 11 is 0. The van der Waals surface area contributed by atoms with Gasteiger partial charge < -0.3 is 20.9 Å². The van der Waals surface area contributed by atoms with Crippen LogP contribution >= 0.6 is 0 Å². The number of anilines is 3. The number of hydrogen-bond acceptors (Lipinski definition) is 7. The lowest BCUT2D eigenvalue weighted by Gasteiger charge is -2.34. The second-order valence-electron chi connectivity index (χ2n) is 8.90. The summed E-state index contributed by atoms with van der Waals surface area (Å²) in [6, 6.07) is 11.3. The lowest BCUT2D eigenvalue weighted by Crippen LogP contribution is -2.44. The van der Waals surface area contributed by atoms with E-state index in [2.05, 4.69) is 32.4 Å². The molecule has 0 radical (unpaired) electrons. The fraction of sp³-hybridized carbons (Fsp3) is 0.200. The van der Waals surface area contributed by atoms with E-state index in [0.29, 0.717) is 22.7 Å². The van der Waals surface area contributed by atoms with Gasteiger partial charge in [0.15, 0.2) is 5.82 Å². The monoisotopic (exact) mass is 526 g/mol. The van der Waals surface area contributed by atoms with Gasteiger partial charge in [-0.3, -0.25) is 9.89 Å². The molecule has 0 bridgehead atoms. The summed E-state index contributed by atoms with van der Waals surface area (Å²) in [4.78, 5) is 16.7. The van der Waals surface area contributed by atoms with Gasteiger partial charge in [-0.1, -0.05) is 0 Å². The van der Waals surface area contributed by atoms with Crippen LogP contribution < -0.4 is 16.0 Å². The number of sulfone groups is 1. The molecule has 9 nitrogen and oxygen atoms in total. The first-order chi connectivity index (χ1) is 17.6. The Kier molecular flexibility index (Phi) is 6.30. The van der Waals surface area contributed by atoms with Gasteiger partial charge in [0.05, 0.1) is 20.9 Å². The van der Waals surface area contributed by atoms with E-state index in [1.54, 1.807) is 12.1 Å². The van der Waals surface area contributed by atoms with Gasteiger partial charge in [0.1, 0.15) is 11.6 Å². The van der Waals surface area contributed by atoms with Gasteiger partial charge in [-0.25, -0.2) is 17.2 Å². The summed E-state index contributed by atoms with van der Waals surface area (Å²) in [7, 11) is -2.17. The molecule has 12 heteroatoms. The minimum atomic E-state index is -4.24. The number of H-pyrrole nitrogens is 1. The fourth-order valence-corrected chi connectivity index (χ4v) is 5.60. The number of fused-ring (bicyclic) bond motifs is 1. The highest BCUT2D eigenvalue weighted by atomic mass is 32.2. The molecule has 0 unspecified atom stereocenters. The van der Waals surface area contributed by atoms with Gasteiger partial charge in [0, 0.05) is 49.0 Å². The highest BCUT2D eigenvalue weighted by Gasteiger charge is 2.22. The lowest BCUT2D eigenvalue weighted by atomic mass is 10.1. The van der Waals surface area contributed by atoms with Crippen LogP contribution in [0.2, 0.25) is 0 Å². The highest BCUT2D eigenvalue weighted by Crippen LogP contribution is 2.29. The molecule has 1 saturated heterocycles. The number of nitrogens with one attached hydrogen (secondary N) is 2. The first-order valence-electron chi connectivity index (χ1n) is 11.5. The van der Waals surface area contributed by atoms with Crippen molar-refractivity contribution >= 4 is 43.8 Å². The van der Waals surface area contributed by atoms with Crippen molar-refractivity contribution in [1.82, 2.24) is 15.1 Å². The van der Waals surface area contributed by atoms with Crippen molar-refractivity contribution in [2.45, 2.75) is 9.79 Å². The minimum absolute atomic E-state index is 0.0880. The normalized spacial score (nSPS) is 14.7. The molecule has 4 aromatic rings. The van der Waals surface area contributed by atoms with Crippen molar-refractivity contribution in [3.8, 4) is 0 Å². The van der Waals surface area contributed by atoms with Crippen molar-refractivity contribution in [3.05, 3.63) is 71.8 Å². The molecule has 5 rings (SSSR count). The van der Waals surface area contributed by atoms with E-state index >= 15 is 0 Å². The summed E-state index contributed by atoms with van der Waals surface area (Å²) in [6.45, 7) is 3.57. The van der Waals surface area contributed by atoms with Crippen LogP contribution in [0.25, 0.3) is 10.9 Å². The molecule has 0 atom stereocenters. The Hall–Kier alpha value is -4.03. The van der Waals surface area contributed by atoms with Crippen LogP contribution in [0.4, 0.5) is 26.0 Å². The van der Waals surface area contributed by atoms with E-state index in [4.69, 9.17) is 5.73 Å². The Morgan fingerprint density at radius 2 is 1.68 bits per heavy atom. The molecule has 4 N–H and O–H groups in total. The predicted octanol–water partition coefficient (Wildman–Crippen LogP) is 3.26. The topological polar surface area (TPSA) is 124 Å². The first kappa shape index (κ1) is 24.7. The first-order valence-corrected chi connectivity index (χ1v) is 12.9. The maximum Gasteiger partial charge on any atom is 0.258 e. The van der Waals surface area contributed by atoms with Crippen molar-refractivity contribution < 1.29 is 22.0 Å². The Morgan fingerprint density at radius 3 is 2.35 bits per heavy atom. The van der Waals surface area contributed by atoms with Gasteiger partial charge in [-0.05, 0) is 55.6 Å². The molecule has 0 spiro atoms. The van der Waals surface area contributed by atoms with Crippen LogP contribution in [-0.4, -0.2) is 62.6 Å². The molecule has 1 aromatic heterocycles. The largest absolute Gasteiger partial charge is 0.398 e. The number of benzene rings is 3. The second-order valence-corrected chi connectivity index (χ2v) is 10.9. The molecule has 2 heterocycles. The van der Waals surface area contributed by atoms with Gasteiger partial charge >= 0.3 is 0 Å². The highest BCUT2D eigenvalue weighted by molar-refractivity contribution is 7.91. The third-order valence-corrected chi connectivity index (χ3v) is 8.10. The van der Waals surface area contributed by atoms with Crippen LogP contribution in [0.1, 0.15) is 10.4 Å². The number of hydrogen-bond donors (Lipinski definition) is 3. The van der Waals surface area contributed by atoms with Crippen LogP contribution in [0, 0.1) is 11.6 Å². The number of carbonyl (C=O) groups excluding carboxylic acids is 1. The number of likely N-dealkylation sites (N-methyl/N-ethyl adjacent to an activating group) is 1. The number of aromatic amines is 1. The molecule has 1 aliphatic heterocycles. The molecule has 1 aliphatic rings. The van der Waals surface area contributed by atoms with E-state index < -0.39 is 32.3 Å². The SMILES string of the molecule is CN1CCN(c2ccc(C(=O)Nc3n[nH]c4ccc(S(=O)(=O)c5cc(F)cc(F)c5)cc34)c(N)c2)CC1. The predicted molar refractivity (Wildman–Crippen MR) is 136 cm³/mol. The van der Waals surface area contributed by atoms with Crippen LogP contribution in [0.3, 0.4) is 0 Å². The zero-order valence-electron chi connectivity index (χ0n) is 19.8. The summed E-state index contributed by atoms with van der Waals surface area (Å²) in [5, 5.41) is 9.79. The summed E-state index contributed by atoms with van der Waals surface area (Å²) in [5.74, 6) is -2.44. The van der Waals surface area contributed by atoms with Crippen LogP contribution in [0.5, 0.6) is 0 Å². The Labute approximate surface area is 211 Å². The molecule has 192 valence electrons. The Morgan fingerprint density at radius 1 is 0.973 bits per heavy atom. The summed E-state index contributed by atoms with van der Waals surface area (Å²) in [6.07, 6.45) is 0. The number of nitrogens with zero attached hydrogens (tertiary/aromatic N) is 3. The molecule has 0 aliphatic carbocycles. The van der Waals surface area contributed by atoms with Gasteiger partial charge in [-0.15, -0.1) is 0 Å². The molecule has 3 aromatic carbocycles. The number of amides is 1. The van der Waals surface area contributed by atoms with Crippen LogP contribution in [0.15, 0.2) is 64.4 Å². The third-order valence-electron chi connectivity index (χ3n) is 6.37. The number of halogens is 2. The summed E-state index contributed by atoms with van der Waals surface area (Å²) < 4.78 is 53.3. The number of carbonyl (C=O) groups is 1. The molecule has 0 saturated carbocycles. The van der Waals surface area contributed by atoms with Gasteiger partial charge in [0.25, 0.3) is 5.91 Å². The average molecular weight is 527 g/mol. The zero-order chi connectivity index (χ0) is 26.3. The summed E-state index contributed by atoms with van der Waals surface area (Å²) in [5.41, 5.74) is 8.12. The van der Waals surface area contributed by atoms with E-state index in [0.717, 1.165) is 44.0 Å². The van der Waals surface area contributed by atoms with E-state index in [1.807, 2.05) is 6.07 Å². The Balaban J connectivity index is 1.41. The molecule has 37 heavy (non-hydrogen) atoms. The minimum Gasteiger partial charge on any atom is -0.398 e. The third kappa shape index (κ3) is 4.85. The molecular formula is C25H24F2N6O3S. The van der Waals surface area contributed by atoms with E-state index in [-0.39, 0.29) is 16.3 Å². The van der Waals surface area contributed by atoms with E-state index in [1.165, 1.54) is 18.2 Å². The molecular weight excluding hydrogens is 502 g/mol. The van der Waals surface area contributed by atoms with Crippen LogP contribution in [-0.2, 0) is 9.84 Å². The van der Waals surface area contributed by atoms with Crippen molar-refractivity contribution in [1.29, 1.82) is 0 Å². The number of nitrogen functional groups attached to an aromatic ring is 1. The lowest BCUT2D eigenvalue weighted by molar-refractivity contribution is 0.102. The van der Waals surface area contributed by atoms with Crippen molar-refractivity contribution in [2.75, 3.05) is 49.2 Å². The van der Waals surface area contributed by atoms with Gasteiger partial charge in [0.2, 0.25) is 9.84 Å². The fourth-order valence-electron chi connectivity index (χ4n) is 4.27. The smallest absolute Gasteiger partial charge is 0.258 e. The maximum absolute atomic E-state index is 13.6. The average Bonchev–Trinajstić information content (AvgIpc) is 3.25. The standard InChI is InChI=1S/C25H24F2N6O3S/c1-32-6-8-33(9-7-32)17-2-4-20(22(28)13-17)25(34)29-24-21-14-18(3-5-23(21)30-31-24)37(35,36)19-11-15(26)10-16(27)12-19/h2-5,10-14H,6-9,28H2,1H3,(H2,29,30,31,34). The van der Waals surface area contributed by atoms with Crippen molar-refractivity contribution in [2.24, 2.45) is 0 Å². The number of nitrogens with two attached hydrogens (primary N) is 1. The molecule has 1 amide bonds. The Bertz CT molecular complexity index is 1590. The quantitative estimate of drug-likeness (QED) is 0.341. The van der Waals surface area contributed by atoms with E-state index in [9.17, 15) is 22.0 Å². The number of rotatable bonds is 5. The van der Waals surface area contributed by atoms with Gasteiger partial charge in [-0.2, -0.15) is 5.10 Å². The number of piperazine rings is 1. The maximum atomic E-state index is 13.6. The second kappa shape index (κ2) is 9.45. The number of aromatic nitrogens is 2. The molecule has 1 fully saturated rings. The zero-order valence-corrected chi connectivity index (χ0v) is 20.6.